The van der Waals surface area contributed by atoms with Gasteiger partial charge in [-0.15, -0.1) is 0 Å². The molecule has 3 aromatic carbocycles. The third-order valence-electron chi connectivity index (χ3n) is 4.49. The highest BCUT2D eigenvalue weighted by Gasteiger charge is 2.17. The van der Waals surface area contributed by atoms with Crippen molar-refractivity contribution in [3.05, 3.63) is 90.6 Å². The van der Waals surface area contributed by atoms with Gasteiger partial charge in [0.2, 0.25) is 5.89 Å². The summed E-state index contributed by atoms with van der Waals surface area (Å²) in [6, 6.07) is 22.6. The van der Waals surface area contributed by atoms with Crippen LogP contribution in [0.5, 0.6) is 0 Å². The minimum absolute atomic E-state index is 0.133. The van der Waals surface area contributed by atoms with Crippen molar-refractivity contribution in [2.75, 3.05) is 11.6 Å². The van der Waals surface area contributed by atoms with Crippen LogP contribution in [-0.4, -0.2) is 25.6 Å². The summed E-state index contributed by atoms with van der Waals surface area (Å²) in [5.74, 6) is 0.530. The fourth-order valence-corrected chi connectivity index (χ4v) is 3.67. The molecule has 4 aromatic rings. The summed E-state index contributed by atoms with van der Waals surface area (Å²) in [7, 11) is -3.38. The molecule has 4 rings (SSSR count). The van der Waals surface area contributed by atoms with E-state index in [0.29, 0.717) is 28.5 Å². The lowest BCUT2D eigenvalue weighted by Gasteiger charge is -2.09. The largest absolute Gasteiger partial charge is 0.436 e. The molecule has 7 heteroatoms. The van der Waals surface area contributed by atoms with E-state index in [1.54, 1.807) is 42.6 Å². The number of nitrogens with zero attached hydrogens (tertiary/aromatic N) is 1. The van der Waals surface area contributed by atoms with E-state index in [1.165, 1.54) is 12.1 Å². The zero-order valence-corrected chi connectivity index (χ0v) is 16.9. The van der Waals surface area contributed by atoms with Crippen LogP contribution < -0.4 is 5.32 Å². The highest BCUT2D eigenvalue weighted by atomic mass is 32.2. The number of anilines is 1. The molecule has 1 aromatic heterocycles. The molecule has 1 heterocycles. The number of carbonyl (C=O) groups excluding carboxylic acids is 1. The molecular formula is C23H18N2O4S. The van der Waals surface area contributed by atoms with Gasteiger partial charge in [-0.1, -0.05) is 48.5 Å². The van der Waals surface area contributed by atoms with Gasteiger partial charge in [-0.2, -0.15) is 0 Å². The first-order valence-electron chi connectivity index (χ1n) is 9.14. The van der Waals surface area contributed by atoms with Crippen molar-refractivity contribution >= 4 is 21.4 Å². The van der Waals surface area contributed by atoms with Gasteiger partial charge in [0.15, 0.2) is 15.6 Å². The van der Waals surface area contributed by atoms with Gasteiger partial charge in [-0.25, -0.2) is 13.4 Å². The minimum atomic E-state index is -3.38. The van der Waals surface area contributed by atoms with Crippen LogP contribution in [-0.2, 0) is 9.84 Å². The summed E-state index contributed by atoms with van der Waals surface area (Å²) >= 11 is 0. The van der Waals surface area contributed by atoms with Crippen molar-refractivity contribution in [1.29, 1.82) is 0 Å². The molecule has 0 aliphatic rings. The van der Waals surface area contributed by atoms with Gasteiger partial charge in [-0.3, -0.25) is 4.79 Å². The third-order valence-corrected chi connectivity index (χ3v) is 5.60. The predicted octanol–water partition coefficient (Wildman–Crippen LogP) is 4.66. The molecule has 0 radical (unpaired) electrons. The van der Waals surface area contributed by atoms with E-state index < -0.39 is 15.7 Å². The minimum Gasteiger partial charge on any atom is -0.436 e. The third kappa shape index (κ3) is 4.16. The van der Waals surface area contributed by atoms with E-state index in [4.69, 9.17) is 4.42 Å². The van der Waals surface area contributed by atoms with Crippen LogP contribution in [0.2, 0.25) is 0 Å². The molecule has 0 aliphatic heterocycles. The van der Waals surface area contributed by atoms with Gasteiger partial charge in [0.1, 0.15) is 0 Å². The van der Waals surface area contributed by atoms with Crippen molar-refractivity contribution in [1.82, 2.24) is 4.98 Å². The first-order chi connectivity index (χ1) is 14.4. The van der Waals surface area contributed by atoms with E-state index in [0.717, 1.165) is 11.8 Å². The second-order valence-corrected chi connectivity index (χ2v) is 8.71. The topological polar surface area (TPSA) is 89.3 Å². The Kier molecular flexibility index (Phi) is 5.20. The van der Waals surface area contributed by atoms with Crippen LogP contribution in [0, 0.1) is 0 Å². The molecule has 0 aliphatic carbocycles. The molecule has 1 amide bonds. The number of oxazole rings is 1. The molecule has 0 spiro atoms. The normalized spacial score (nSPS) is 11.2. The van der Waals surface area contributed by atoms with Crippen molar-refractivity contribution in [3.63, 3.8) is 0 Å². The molecule has 0 fully saturated rings. The van der Waals surface area contributed by atoms with Crippen molar-refractivity contribution in [2.24, 2.45) is 0 Å². The molecule has 150 valence electrons. The predicted molar refractivity (Wildman–Crippen MR) is 115 cm³/mol. The lowest BCUT2D eigenvalue weighted by atomic mass is 10.1. The fraction of sp³-hybridized carbons (Fsp3) is 0.0435. The van der Waals surface area contributed by atoms with Crippen molar-refractivity contribution < 1.29 is 17.6 Å². The van der Waals surface area contributed by atoms with Crippen LogP contribution in [0.4, 0.5) is 5.69 Å². The zero-order chi connectivity index (χ0) is 21.1. The summed E-state index contributed by atoms with van der Waals surface area (Å²) < 4.78 is 29.4. The highest BCUT2D eigenvalue weighted by molar-refractivity contribution is 7.90. The number of nitrogens with one attached hydrogen (secondary N) is 1. The molecule has 0 atom stereocenters. The summed E-state index contributed by atoms with van der Waals surface area (Å²) in [6.07, 6.45) is 2.74. The van der Waals surface area contributed by atoms with Crippen molar-refractivity contribution in [3.8, 4) is 22.8 Å². The highest BCUT2D eigenvalue weighted by Crippen LogP contribution is 2.28. The average Bonchev–Trinajstić information content (AvgIpc) is 3.24. The fourth-order valence-electron chi connectivity index (χ4n) is 3.01. The number of carbonyl (C=O) groups is 1. The van der Waals surface area contributed by atoms with E-state index in [9.17, 15) is 13.2 Å². The number of sulfone groups is 1. The van der Waals surface area contributed by atoms with Crippen molar-refractivity contribution in [2.45, 2.75) is 4.90 Å². The van der Waals surface area contributed by atoms with Crippen LogP contribution in [0.3, 0.4) is 0 Å². The second-order valence-electron chi connectivity index (χ2n) is 6.70. The van der Waals surface area contributed by atoms with Gasteiger partial charge in [0.25, 0.3) is 5.91 Å². The molecule has 0 saturated carbocycles. The van der Waals surface area contributed by atoms with Gasteiger partial charge in [0.05, 0.1) is 16.7 Å². The molecule has 6 nitrogen and oxygen atoms in total. The SMILES string of the molecule is CS(=O)(=O)c1cccc(NC(=O)c2ccccc2-c2ncc(-c3ccccc3)o2)c1. The average molecular weight is 418 g/mol. The van der Waals surface area contributed by atoms with Gasteiger partial charge in [0, 0.05) is 23.1 Å². The number of aromatic nitrogens is 1. The quantitative estimate of drug-likeness (QED) is 0.509. The van der Waals surface area contributed by atoms with Crippen LogP contribution in [0.15, 0.2) is 94.4 Å². The van der Waals surface area contributed by atoms with Gasteiger partial charge >= 0.3 is 0 Å². The Morgan fingerprint density at radius 2 is 1.67 bits per heavy atom. The number of amides is 1. The number of hydrogen-bond donors (Lipinski definition) is 1. The maximum Gasteiger partial charge on any atom is 0.256 e. The zero-order valence-electron chi connectivity index (χ0n) is 16.1. The van der Waals surface area contributed by atoms with Gasteiger partial charge in [-0.05, 0) is 30.3 Å². The summed E-state index contributed by atoms with van der Waals surface area (Å²) in [5.41, 5.74) is 2.17. The molecule has 30 heavy (non-hydrogen) atoms. The van der Waals surface area contributed by atoms with Crippen LogP contribution >= 0.6 is 0 Å². The van der Waals surface area contributed by atoms with E-state index >= 15 is 0 Å². The maximum atomic E-state index is 12.9. The number of hydrogen-bond acceptors (Lipinski definition) is 5. The first-order valence-corrected chi connectivity index (χ1v) is 11.0. The van der Waals surface area contributed by atoms with E-state index in [1.807, 2.05) is 30.3 Å². The smallest absolute Gasteiger partial charge is 0.256 e. The number of rotatable bonds is 5. The molecular weight excluding hydrogens is 400 g/mol. The Morgan fingerprint density at radius 1 is 0.933 bits per heavy atom. The van der Waals surface area contributed by atoms with Crippen LogP contribution in [0.1, 0.15) is 10.4 Å². The second kappa shape index (κ2) is 7.96. The Labute approximate surface area is 174 Å². The molecule has 0 saturated heterocycles. The Bertz CT molecular complexity index is 1310. The Balaban J connectivity index is 1.64. The standard InChI is InChI=1S/C23H18N2O4S/c1-30(27,28)18-11-7-10-17(14-18)25-22(26)19-12-5-6-13-20(19)23-24-15-21(29-23)16-8-3-2-4-9-16/h2-15H,1H3,(H,25,26). The Hall–Kier alpha value is -3.71. The monoisotopic (exact) mass is 418 g/mol. The lowest BCUT2D eigenvalue weighted by Crippen LogP contribution is -2.13. The van der Waals surface area contributed by atoms with Gasteiger partial charge < -0.3 is 9.73 Å². The van der Waals surface area contributed by atoms with Crippen LogP contribution in [0.25, 0.3) is 22.8 Å². The maximum absolute atomic E-state index is 12.9. The first kappa shape index (κ1) is 19.6. The van der Waals surface area contributed by atoms with E-state index in [2.05, 4.69) is 10.3 Å². The summed E-state index contributed by atoms with van der Waals surface area (Å²) in [6.45, 7) is 0. The Morgan fingerprint density at radius 3 is 2.43 bits per heavy atom. The molecule has 0 unspecified atom stereocenters. The number of benzene rings is 3. The summed E-state index contributed by atoms with van der Waals surface area (Å²) in [4.78, 5) is 17.4. The molecule has 0 bridgehead atoms. The molecule has 1 N–H and O–H groups in total. The van der Waals surface area contributed by atoms with E-state index in [-0.39, 0.29) is 4.90 Å². The lowest BCUT2D eigenvalue weighted by molar-refractivity contribution is 0.102. The summed E-state index contributed by atoms with van der Waals surface area (Å²) in [5, 5.41) is 2.75.